The van der Waals surface area contributed by atoms with Crippen molar-refractivity contribution in [3.05, 3.63) is 29.8 Å². The smallest absolute Gasteiger partial charge is 0.328 e. The number of carbonyl (C=O) groups is 2. The second kappa shape index (κ2) is 5.16. The molecule has 1 aromatic rings. The summed E-state index contributed by atoms with van der Waals surface area (Å²) in [5, 5.41) is 2.51. The van der Waals surface area contributed by atoms with Gasteiger partial charge < -0.3 is 15.8 Å². The lowest BCUT2D eigenvalue weighted by molar-refractivity contribution is -0.142. The first-order chi connectivity index (χ1) is 7.54. The summed E-state index contributed by atoms with van der Waals surface area (Å²) in [7, 11) is 1.27. The number of ether oxygens (including phenoxy) is 1. The molecular weight excluding hydrogens is 208 g/mol. The van der Waals surface area contributed by atoms with Crippen molar-refractivity contribution in [2.24, 2.45) is 0 Å². The van der Waals surface area contributed by atoms with Crippen LogP contribution in [0.3, 0.4) is 0 Å². The lowest BCUT2D eigenvalue weighted by Gasteiger charge is -2.11. The predicted octanol–water partition coefficient (Wildman–Crippen LogP) is 0.560. The SMILES string of the molecule is COC(=O)[C@H](C)NC(=O)c1cccc(N)c1. The Labute approximate surface area is 93.6 Å². The molecule has 86 valence electrons. The van der Waals surface area contributed by atoms with E-state index in [1.54, 1.807) is 31.2 Å². The number of nitrogens with one attached hydrogen (secondary N) is 1. The number of nitrogen functional groups attached to an aromatic ring is 1. The van der Waals surface area contributed by atoms with E-state index in [4.69, 9.17) is 5.73 Å². The third-order valence-electron chi connectivity index (χ3n) is 2.05. The zero-order valence-electron chi connectivity index (χ0n) is 9.19. The van der Waals surface area contributed by atoms with Gasteiger partial charge in [0.05, 0.1) is 7.11 Å². The number of amides is 1. The summed E-state index contributed by atoms with van der Waals surface area (Å²) in [4.78, 5) is 22.7. The Hall–Kier alpha value is -2.04. The number of benzene rings is 1. The first kappa shape index (κ1) is 12.0. The monoisotopic (exact) mass is 222 g/mol. The van der Waals surface area contributed by atoms with Gasteiger partial charge in [-0.25, -0.2) is 4.79 Å². The van der Waals surface area contributed by atoms with Gasteiger partial charge >= 0.3 is 5.97 Å². The van der Waals surface area contributed by atoms with Gasteiger partial charge in [0.15, 0.2) is 0 Å². The molecule has 0 fully saturated rings. The van der Waals surface area contributed by atoms with E-state index in [9.17, 15) is 9.59 Å². The van der Waals surface area contributed by atoms with Crippen molar-refractivity contribution in [1.82, 2.24) is 5.32 Å². The molecule has 1 aromatic carbocycles. The highest BCUT2D eigenvalue weighted by Crippen LogP contribution is 2.06. The topological polar surface area (TPSA) is 81.4 Å². The van der Waals surface area contributed by atoms with Crippen LogP contribution in [0, 0.1) is 0 Å². The highest BCUT2D eigenvalue weighted by Gasteiger charge is 2.16. The molecule has 0 heterocycles. The van der Waals surface area contributed by atoms with Gasteiger partial charge in [-0.15, -0.1) is 0 Å². The van der Waals surface area contributed by atoms with Gasteiger partial charge in [0, 0.05) is 11.3 Å². The average molecular weight is 222 g/mol. The summed E-state index contributed by atoms with van der Waals surface area (Å²) in [6, 6.07) is 5.83. The number of hydrogen-bond donors (Lipinski definition) is 2. The number of anilines is 1. The van der Waals surface area contributed by atoms with Gasteiger partial charge in [-0.05, 0) is 25.1 Å². The number of rotatable bonds is 3. The molecule has 0 aromatic heterocycles. The van der Waals surface area contributed by atoms with E-state index < -0.39 is 12.0 Å². The van der Waals surface area contributed by atoms with Crippen LogP contribution in [0.25, 0.3) is 0 Å². The van der Waals surface area contributed by atoms with E-state index in [0.717, 1.165) is 0 Å². The second-order valence-corrected chi connectivity index (χ2v) is 3.34. The van der Waals surface area contributed by atoms with Crippen LogP contribution < -0.4 is 11.1 Å². The molecule has 16 heavy (non-hydrogen) atoms. The fourth-order valence-corrected chi connectivity index (χ4v) is 1.20. The van der Waals surface area contributed by atoms with E-state index in [1.807, 2.05) is 0 Å². The van der Waals surface area contributed by atoms with Gasteiger partial charge in [0.25, 0.3) is 5.91 Å². The summed E-state index contributed by atoms with van der Waals surface area (Å²) in [5.41, 5.74) is 6.45. The first-order valence-electron chi connectivity index (χ1n) is 4.79. The quantitative estimate of drug-likeness (QED) is 0.578. The molecule has 1 rings (SSSR count). The molecule has 0 spiro atoms. The predicted molar refractivity (Wildman–Crippen MR) is 59.8 cm³/mol. The standard InChI is InChI=1S/C11H14N2O3/c1-7(11(15)16-2)13-10(14)8-4-3-5-9(12)6-8/h3-7H,12H2,1-2H3,(H,13,14)/t7-/m0/s1. The number of carbonyl (C=O) groups excluding carboxylic acids is 2. The normalized spacial score (nSPS) is 11.6. The van der Waals surface area contributed by atoms with Crippen molar-refractivity contribution in [2.45, 2.75) is 13.0 Å². The van der Waals surface area contributed by atoms with E-state index >= 15 is 0 Å². The largest absolute Gasteiger partial charge is 0.467 e. The van der Waals surface area contributed by atoms with Crippen LogP contribution in [-0.2, 0) is 9.53 Å². The average Bonchev–Trinajstić information content (AvgIpc) is 2.27. The fourth-order valence-electron chi connectivity index (χ4n) is 1.20. The van der Waals surface area contributed by atoms with Crippen LogP contribution in [0.15, 0.2) is 24.3 Å². The third-order valence-corrected chi connectivity index (χ3v) is 2.05. The van der Waals surface area contributed by atoms with Crippen LogP contribution in [0.5, 0.6) is 0 Å². The molecule has 0 bridgehead atoms. The maximum Gasteiger partial charge on any atom is 0.328 e. The second-order valence-electron chi connectivity index (χ2n) is 3.34. The molecule has 5 nitrogen and oxygen atoms in total. The van der Waals surface area contributed by atoms with Crippen molar-refractivity contribution in [3.63, 3.8) is 0 Å². The fraction of sp³-hybridized carbons (Fsp3) is 0.273. The van der Waals surface area contributed by atoms with Gasteiger partial charge in [-0.3, -0.25) is 4.79 Å². The molecule has 1 amide bonds. The lowest BCUT2D eigenvalue weighted by Crippen LogP contribution is -2.39. The summed E-state index contributed by atoms with van der Waals surface area (Å²) in [6.07, 6.45) is 0. The zero-order chi connectivity index (χ0) is 12.1. The van der Waals surface area contributed by atoms with Crippen molar-refractivity contribution >= 4 is 17.6 Å². The molecule has 0 saturated heterocycles. The molecule has 0 saturated carbocycles. The highest BCUT2D eigenvalue weighted by atomic mass is 16.5. The molecular formula is C11H14N2O3. The minimum atomic E-state index is -0.682. The van der Waals surface area contributed by atoms with Crippen molar-refractivity contribution in [1.29, 1.82) is 0 Å². The van der Waals surface area contributed by atoms with Gasteiger partial charge in [0.1, 0.15) is 6.04 Å². The van der Waals surface area contributed by atoms with Gasteiger partial charge in [-0.1, -0.05) is 6.07 Å². The maximum atomic E-state index is 11.7. The summed E-state index contributed by atoms with van der Waals surface area (Å²) in [6.45, 7) is 1.55. The summed E-state index contributed by atoms with van der Waals surface area (Å²) in [5.74, 6) is -0.845. The van der Waals surface area contributed by atoms with Crippen molar-refractivity contribution in [2.75, 3.05) is 12.8 Å². The van der Waals surface area contributed by atoms with Crippen LogP contribution in [0.4, 0.5) is 5.69 Å². The van der Waals surface area contributed by atoms with Gasteiger partial charge in [0.2, 0.25) is 0 Å². The Bertz CT molecular complexity index is 404. The summed E-state index contributed by atoms with van der Waals surface area (Å²) < 4.78 is 4.49. The number of hydrogen-bond acceptors (Lipinski definition) is 4. The molecule has 0 aliphatic heterocycles. The Morgan fingerprint density at radius 3 is 2.69 bits per heavy atom. The van der Waals surface area contributed by atoms with Gasteiger partial charge in [-0.2, -0.15) is 0 Å². The first-order valence-corrected chi connectivity index (χ1v) is 4.79. The molecule has 3 N–H and O–H groups in total. The maximum absolute atomic E-state index is 11.7. The molecule has 1 atom stereocenters. The number of methoxy groups -OCH3 is 1. The van der Waals surface area contributed by atoms with Crippen LogP contribution in [-0.4, -0.2) is 25.0 Å². The number of esters is 1. The zero-order valence-corrected chi connectivity index (χ0v) is 9.19. The molecule has 0 aliphatic carbocycles. The highest BCUT2D eigenvalue weighted by molar-refractivity contribution is 5.97. The molecule has 0 unspecified atom stereocenters. The van der Waals surface area contributed by atoms with Crippen LogP contribution >= 0.6 is 0 Å². The van der Waals surface area contributed by atoms with Crippen LogP contribution in [0.1, 0.15) is 17.3 Å². The Balaban J connectivity index is 2.69. The lowest BCUT2D eigenvalue weighted by atomic mass is 10.2. The third kappa shape index (κ3) is 2.98. The van der Waals surface area contributed by atoms with E-state index in [2.05, 4.69) is 10.1 Å². The summed E-state index contributed by atoms with van der Waals surface area (Å²) >= 11 is 0. The van der Waals surface area contributed by atoms with E-state index in [0.29, 0.717) is 11.3 Å². The van der Waals surface area contributed by atoms with E-state index in [1.165, 1.54) is 7.11 Å². The van der Waals surface area contributed by atoms with E-state index in [-0.39, 0.29) is 5.91 Å². The number of nitrogens with two attached hydrogens (primary N) is 1. The Morgan fingerprint density at radius 2 is 2.12 bits per heavy atom. The Kier molecular flexibility index (Phi) is 3.88. The van der Waals surface area contributed by atoms with Crippen LogP contribution in [0.2, 0.25) is 0 Å². The Morgan fingerprint density at radius 1 is 1.44 bits per heavy atom. The molecule has 0 radical (unpaired) electrons. The van der Waals surface area contributed by atoms with Crippen molar-refractivity contribution < 1.29 is 14.3 Å². The van der Waals surface area contributed by atoms with Crippen molar-refractivity contribution in [3.8, 4) is 0 Å². The molecule has 0 aliphatic rings. The molecule has 5 heteroatoms. The minimum Gasteiger partial charge on any atom is -0.467 e. The minimum absolute atomic E-state index is 0.356.